The van der Waals surface area contributed by atoms with Crippen LogP contribution in [-0.4, -0.2) is 9.78 Å². The fraction of sp³-hybridized carbons (Fsp3) is 0.556. The van der Waals surface area contributed by atoms with E-state index in [1.807, 2.05) is 20.8 Å². The zero-order valence-corrected chi connectivity index (χ0v) is 9.26. The molecule has 1 heterocycles. The van der Waals surface area contributed by atoms with Crippen molar-refractivity contribution >= 4 is 11.6 Å². The maximum Gasteiger partial charge on any atom is 0.437 e. The van der Waals surface area contributed by atoms with Gasteiger partial charge in [0.25, 0.3) is 0 Å². The van der Waals surface area contributed by atoms with Crippen LogP contribution < -0.4 is 5.76 Å². The quantitative estimate of drug-likeness (QED) is 0.759. The number of allylic oxidation sites excluding steroid dienone is 1. The number of nitrogens with zero attached hydrogens (tertiary/aromatic N) is 2. The second-order valence-corrected chi connectivity index (χ2v) is 4.63. The van der Waals surface area contributed by atoms with Crippen molar-refractivity contribution in [3.05, 3.63) is 28.1 Å². The Morgan fingerprint density at radius 1 is 1.64 bits per heavy atom. The Kier molecular flexibility index (Phi) is 2.85. The Morgan fingerprint density at radius 2 is 2.21 bits per heavy atom. The second kappa shape index (κ2) is 3.61. The normalized spacial score (nSPS) is 11.7. The fourth-order valence-electron chi connectivity index (χ4n) is 0.872. The minimum absolute atomic E-state index is 0.181. The number of halogens is 1. The maximum absolute atomic E-state index is 11.3. The Morgan fingerprint density at radius 3 is 2.57 bits per heavy atom. The standard InChI is InChI=1S/C9H13ClN2O2/c1-6(10)5-12-8(13)14-7(11-12)9(2,3)4/h1,5H2,2-4H3. The molecule has 0 spiro atoms. The van der Waals surface area contributed by atoms with Crippen LogP contribution in [-0.2, 0) is 12.0 Å². The van der Waals surface area contributed by atoms with Gasteiger partial charge in [0.1, 0.15) is 0 Å². The molecule has 0 saturated carbocycles. The van der Waals surface area contributed by atoms with Gasteiger partial charge in [-0.2, -0.15) is 4.68 Å². The molecule has 4 nitrogen and oxygen atoms in total. The third kappa shape index (κ3) is 2.48. The van der Waals surface area contributed by atoms with E-state index in [9.17, 15) is 4.79 Å². The van der Waals surface area contributed by atoms with Crippen LogP contribution >= 0.6 is 11.6 Å². The van der Waals surface area contributed by atoms with Gasteiger partial charge in [-0.05, 0) is 0 Å². The highest BCUT2D eigenvalue weighted by atomic mass is 35.5. The summed E-state index contributed by atoms with van der Waals surface area (Å²) in [5.41, 5.74) is -0.280. The molecule has 0 amide bonds. The summed E-state index contributed by atoms with van der Waals surface area (Å²) in [5, 5.41) is 4.36. The summed E-state index contributed by atoms with van der Waals surface area (Å²) < 4.78 is 6.14. The van der Waals surface area contributed by atoms with Gasteiger partial charge in [-0.1, -0.05) is 39.0 Å². The summed E-state index contributed by atoms with van der Waals surface area (Å²) in [4.78, 5) is 11.3. The van der Waals surface area contributed by atoms with Crippen molar-refractivity contribution in [2.24, 2.45) is 0 Å². The van der Waals surface area contributed by atoms with Crippen LogP contribution in [0.25, 0.3) is 0 Å². The second-order valence-electron chi connectivity index (χ2n) is 4.10. The lowest BCUT2D eigenvalue weighted by Gasteiger charge is -2.10. The molecule has 0 aliphatic rings. The van der Waals surface area contributed by atoms with Gasteiger partial charge in [0, 0.05) is 10.4 Å². The van der Waals surface area contributed by atoms with Crippen molar-refractivity contribution in [2.45, 2.75) is 32.7 Å². The zero-order valence-electron chi connectivity index (χ0n) is 8.50. The lowest BCUT2D eigenvalue weighted by molar-refractivity contribution is 0.374. The van der Waals surface area contributed by atoms with Gasteiger partial charge in [-0.25, -0.2) is 4.79 Å². The molecular formula is C9H13ClN2O2. The average molecular weight is 217 g/mol. The Bertz CT molecular complexity index is 398. The molecule has 1 rings (SSSR count). The van der Waals surface area contributed by atoms with Gasteiger partial charge in [0.15, 0.2) is 0 Å². The molecule has 14 heavy (non-hydrogen) atoms. The van der Waals surface area contributed by atoms with Gasteiger partial charge in [-0.15, -0.1) is 5.10 Å². The Labute approximate surface area is 87.2 Å². The van der Waals surface area contributed by atoms with Gasteiger partial charge in [0.05, 0.1) is 6.54 Å². The molecule has 0 aliphatic carbocycles. The van der Waals surface area contributed by atoms with Crippen LogP contribution in [0.2, 0.25) is 0 Å². The van der Waals surface area contributed by atoms with E-state index in [2.05, 4.69) is 11.7 Å². The molecule has 78 valence electrons. The Balaban J connectivity index is 3.06. The van der Waals surface area contributed by atoms with Crippen molar-refractivity contribution in [3.63, 3.8) is 0 Å². The number of hydrogen-bond donors (Lipinski definition) is 0. The molecule has 5 heteroatoms. The Hall–Kier alpha value is -1.03. The highest BCUT2D eigenvalue weighted by Gasteiger charge is 2.22. The molecule has 0 atom stereocenters. The summed E-state index contributed by atoms with van der Waals surface area (Å²) in [5.74, 6) is -0.0999. The minimum Gasteiger partial charge on any atom is -0.392 e. The van der Waals surface area contributed by atoms with E-state index in [1.165, 1.54) is 0 Å². The van der Waals surface area contributed by atoms with Crippen LogP contribution in [0.15, 0.2) is 20.8 Å². The van der Waals surface area contributed by atoms with Crippen molar-refractivity contribution in [2.75, 3.05) is 0 Å². The van der Waals surface area contributed by atoms with Crippen LogP contribution in [0.3, 0.4) is 0 Å². The molecule has 1 aromatic heterocycles. The molecule has 0 unspecified atom stereocenters. The molecule has 0 N–H and O–H groups in total. The number of aromatic nitrogens is 2. The van der Waals surface area contributed by atoms with E-state index >= 15 is 0 Å². The average Bonchev–Trinajstić information content (AvgIpc) is 2.30. The summed E-state index contributed by atoms with van der Waals surface area (Å²) in [6.07, 6.45) is 0. The molecule has 0 radical (unpaired) electrons. The largest absolute Gasteiger partial charge is 0.437 e. The van der Waals surface area contributed by atoms with E-state index in [1.54, 1.807) is 0 Å². The van der Waals surface area contributed by atoms with Gasteiger partial charge in [-0.3, -0.25) is 0 Å². The maximum atomic E-state index is 11.3. The summed E-state index contributed by atoms with van der Waals surface area (Å²) >= 11 is 5.57. The molecule has 1 aromatic rings. The van der Waals surface area contributed by atoms with E-state index < -0.39 is 5.76 Å². The third-order valence-electron chi connectivity index (χ3n) is 1.57. The van der Waals surface area contributed by atoms with Gasteiger partial charge < -0.3 is 4.42 Å². The first-order valence-corrected chi connectivity index (χ1v) is 4.60. The minimum atomic E-state index is -0.503. The first-order chi connectivity index (χ1) is 6.30. The van der Waals surface area contributed by atoms with E-state index in [-0.39, 0.29) is 12.0 Å². The van der Waals surface area contributed by atoms with Crippen LogP contribution in [0.1, 0.15) is 26.7 Å². The number of hydrogen-bond acceptors (Lipinski definition) is 3. The highest BCUT2D eigenvalue weighted by molar-refractivity contribution is 6.29. The molecule has 0 aliphatic heterocycles. The highest BCUT2D eigenvalue weighted by Crippen LogP contribution is 2.18. The topological polar surface area (TPSA) is 48.0 Å². The van der Waals surface area contributed by atoms with Crippen molar-refractivity contribution in [1.82, 2.24) is 9.78 Å². The summed E-state index contributed by atoms with van der Waals surface area (Å²) in [7, 11) is 0. The fourth-order valence-corrected chi connectivity index (χ4v) is 0.985. The predicted molar refractivity (Wildman–Crippen MR) is 54.5 cm³/mol. The van der Waals surface area contributed by atoms with Crippen molar-refractivity contribution < 1.29 is 4.42 Å². The monoisotopic (exact) mass is 216 g/mol. The first kappa shape index (κ1) is 11.0. The smallest absolute Gasteiger partial charge is 0.392 e. The van der Waals surface area contributed by atoms with Crippen LogP contribution in [0, 0.1) is 0 Å². The van der Waals surface area contributed by atoms with E-state index in [0.717, 1.165) is 4.68 Å². The van der Waals surface area contributed by atoms with Gasteiger partial charge in [0.2, 0.25) is 5.89 Å². The van der Waals surface area contributed by atoms with Gasteiger partial charge >= 0.3 is 5.76 Å². The predicted octanol–water partition coefficient (Wildman–Crippen LogP) is 1.89. The SMILES string of the molecule is C=C(Cl)Cn1nc(C(C)(C)C)oc1=O. The lowest BCUT2D eigenvalue weighted by atomic mass is 9.97. The van der Waals surface area contributed by atoms with Crippen LogP contribution in [0.4, 0.5) is 0 Å². The number of rotatable bonds is 2. The molecular weight excluding hydrogens is 204 g/mol. The molecule has 0 fully saturated rings. The summed E-state index contributed by atoms with van der Waals surface area (Å²) in [6.45, 7) is 9.41. The van der Waals surface area contributed by atoms with E-state index in [0.29, 0.717) is 10.9 Å². The third-order valence-corrected chi connectivity index (χ3v) is 1.69. The van der Waals surface area contributed by atoms with E-state index in [4.69, 9.17) is 16.0 Å². The van der Waals surface area contributed by atoms with Crippen molar-refractivity contribution in [1.29, 1.82) is 0 Å². The van der Waals surface area contributed by atoms with Crippen molar-refractivity contribution in [3.8, 4) is 0 Å². The molecule has 0 saturated heterocycles. The molecule has 0 bridgehead atoms. The first-order valence-electron chi connectivity index (χ1n) is 4.22. The zero-order chi connectivity index (χ0) is 10.9. The summed E-state index contributed by atoms with van der Waals surface area (Å²) in [6, 6.07) is 0. The van der Waals surface area contributed by atoms with Crippen LogP contribution in [0.5, 0.6) is 0 Å². The molecule has 0 aromatic carbocycles. The lowest BCUT2D eigenvalue weighted by Crippen LogP contribution is -2.16.